The first-order valence-electron chi connectivity index (χ1n) is 31.6. The van der Waals surface area contributed by atoms with Gasteiger partial charge in [-0.05, 0) is 57.8 Å². The third-order valence-electron chi connectivity index (χ3n) is 14.7. The molecular formula is C64H123NO5. The molecule has 0 bridgehead atoms. The van der Waals surface area contributed by atoms with Crippen molar-refractivity contribution in [2.24, 2.45) is 0 Å². The van der Waals surface area contributed by atoms with Crippen molar-refractivity contribution in [3.63, 3.8) is 0 Å². The van der Waals surface area contributed by atoms with Crippen LogP contribution in [0.2, 0.25) is 0 Å². The molecule has 6 heteroatoms. The van der Waals surface area contributed by atoms with Crippen molar-refractivity contribution in [1.82, 2.24) is 5.32 Å². The molecule has 0 aliphatic carbocycles. The number of ether oxygens (including phenoxy) is 1. The fraction of sp³-hybridized carbons (Fsp3) is 0.906. The predicted molar refractivity (Wildman–Crippen MR) is 306 cm³/mol. The monoisotopic (exact) mass is 986 g/mol. The lowest BCUT2D eigenvalue weighted by Gasteiger charge is -2.20. The molecule has 0 aliphatic rings. The Morgan fingerprint density at radius 2 is 0.671 bits per heavy atom. The number of aliphatic hydroxyl groups excluding tert-OH is 2. The van der Waals surface area contributed by atoms with Crippen LogP contribution in [-0.4, -0.2) is 47.4 Å². The fourth-order valence-corrected chi connectivity index (χ4v) is 9.87. The molecule has 0 saturated heterocycles. The average molecular weight is 987 g/mol. The van der Waals surface area contributed by atoms with Crippen LogP contribution in [0.4, 0.5) is 0 Å². The summed E-state index contributed by atoms with van der Waals surface area (Å²) in [5.74, 6) is -0.0587. The van der Waals surface area contributed by atoms with Crippen LogP contribution in [0.25, 0.3) is 0 Å². The molecule has 414 valence electrons. The van der Waals surface area contributed by atoms with Crippen LogP contribution in [0, 0.1) is 0 Å². The van der Waals surface area contributed by atoms with Crippen LogP contribution in [0.15, 0.2) is 24.3 Å². The zero-order chi connectivity index (χ0) is 50.7. The van der Waals surface area contributed by atoms with E-state index in [0.717, 1.165) is 44.9 Å². The largest absolute Gasteiger partial charge is 0.466 e. The molecular weight excluding hydrogens is 863 g/mol. The van der Waals surface area contributed by atoms with Crippen molar-refractivity contribution >= 4 is 11.9 Å². The van der Waals surface area contributed by atoms with E-state index in [0.29, 0.717) is 19.4 Å². The number of allylic oxidation sites excluding steroid dienone is 3. The lowest BCUT2D eigenvalue weighted by atomic mass is 10.0. The molecule has 0 heterocycles. The Balaban J connectivity index is 3.38. The Hall–Kier alpha value is -1.66. The molecule has 0 aromatic rings. The minimum atomic E-state index is -0.844. The summed E-state index contributed by atoms with van der Waals surface area (Å²) in [4.78, 5) is 24.5. The van der Waals surface area contributed by atoms with Crippen LogP contribution < -0.4 is 5.32 Å². The van der Waals surface area contributed by atoms with Gasteiger partial charge in [-0.25, -0.2) is 0 Å². The van der Waals surface area contributed by atoms with Crippen molar-refractivity contribution in [2.75, 3.05) is 13.2 Å². The minimum Gasteiger partial charge on any atom is -0.466 e. The Labute approximate surface area is 437 Å². The number of aliphatic hydroxyl groups is 2. The van der Waals surface area contributed by atoms with Crippen molar-refractivity contribution in [3.05, 3.63) is 24.3 Å². The number of carbonyl (C=O) groups excluding carboxylic acids is 2. The second-order valence-electron chi connectivity index (χ2n) is 21.7. The topological polar surface area (TPSA) is 95.9 Å². The number of carbonyl (C=O) groups is 2. The maximum atomic E-state index is 12.5. The van der Waals surface area contributed by atoms with Crippen molar-refractivity contribution in [2.45, 2.75) is 360 Å². The zero-order valence-corrected chi connectivity index (χ0v) is 47.3. The molecule has 0 aromatic heterocycles. The van der Waals surface area contributed by atoms with E-state index in [4.69, 9.17) is 4.74 Å². The molecule has 0 aliphatic heterocycles. The van der Waals surface area contributed by atoms with Crippen LogP contribution in [0.3, 0.4) is 0 Å². The second-order valence-corrected chi connectivity index (χ2v) is 21.7. The van der Waals surface area contributed by atoms with Crippen LogP contribution in [0.1, 0.15) is 348 Å². The second kappa shape index (κ2) is 59.9. The van der Waals surface area contributed by atoms with Gasteiger partial charge >= 0.3 is 5.97 Å². The maximum absolute atomic E-state index is 12.5. The summed E-state index contributed by atoms with van der Waals surface area (Å²) in [6.45, 7) is 4.92. The van der Waals surface area contributed by atoms with Crippen molar-refractivity contribution in [1.29, 1.82) is 0 Å². The SMILES string of the molecule is CCCCCCCCC/C=C\CCCCCCCCCC(=O)OCCCCCCCCCCCCCCCCCCCCCCCC(=O)NC(CO)C(O)/C=C/CCCCCCCCCCCCCC. The summed E-state index contributed by atoms with van der Waals surface area (Å²) >= 11 is 0. The molecule has 0 saturated carbocycles. The third-order valence-corrected chi connectivity index (χ3v) is 14.7. The van der Waals surface area contributed by atoms with Gasteiger partial charge in [0.25, 0.3) is 0 Å². The Morgan fingerprint density at radius 1 is 0.386 bits per heavy atom. The van der Waals surface area contributed by atoms with Gasteiger partial charge in [0.05, 0.1) is 25.4 Å². The highest BCUT2D eigenvalue weighted by atomic mass is 16.5. The number of unbranched alkanes of at least 4 members (excludes halogenated alkanes) is 46. The van der Waals surface area contributed by atoms with Gasteiger partial charge < -0.3 is 20.3 Å². The first kappa shape index (κ1) is 68.3. The highest BCUT2D eigenvalue weighted by Gasteiger charge is 2.18. The van der Waals surface area contributed by atoms with Gasteiger partial charge in [-0.15, -0.1) is 0 Å². The van der Waals surface area contributed by atoms with E-state index >= 15 is 0 Å². The van der Waals surface area contributed by atoms with E-state index in [1.807, 2.05) is 6.08 Å². The molecule has 0 aromatic carbocycles. The summed E-state index contributed by atoms with van der Waals surface area (Å²) in [6.07, 6.45) is 73.6. The Kier molecular flexibility index (Phi) is 58.5. The molecule has 0 rings (SSSR count). The number of esters is 1. The van der Waals surface area contributed by atoms with Gasteiger partial charge in [0.2, 0.25) is 5.91 Å². The first-order valence-corrected chi connectivity index (χ1v) is 31.6. The van der Waals surface area contributed by atoms with Crippen molar-refractivity contribution in [3.8, 4) is 0 Å². The summed E-state index contributed by atoms with van der Waals surface area (Å²) in [5, 5.41) is 23.1. The van der Waals surface area contributed by atoms with Gasteiger partial charge in [-0.3, -0.25) is 9.59 Å². The smallest absolute Gasteiger partial charge is 0.305 e. The maximum Gasteiger partial charge on any atom is 0.305 e. The van der Waals surface area contributed by atoms with E-state index in [1.165, 1.54) is 276 Å². The summed E-state index contributed by atoms with van der Waals surface area (Å²) in [6, 6.07) is -0.628. The molecule has 1 amide bonds. The molecule has 0 fully saturated rings. The van der Waals surface area contributed by atoms with Gasteiger partial charge in [-0.1, -0.05) is 301 Å². The normalized spacial score (nSPS) is 12.7. The molecule has 6 nitrogen and oxygen atoms in total. The zero-order valence-electron chi connectivity index (χ0n) is 47.3. The van der Waals surface area contributed by atoms with Gasteiger partial charge in [0.1, 0.15) is 0 Å². The highest BCUT2D eigenvalue weighted by molar-refractivity contribution is 5.76. The van der Waals surface area contributed by atoms with E-state index in [-0.39, 0.29) is 18.5 Å². The van der Waals surface area contributed by atoms with E-state index < -0.39 is 12.1 Å². The van der Waals surface area contributed by atoms with E-state index in [2.05, 4.69) is 31.3 Å². The number of nitrogens with one attached hydrogen (secondary N) is 1. The number of hydrogen-bond donors (Lipinski definition) is 3. The molecule has 0 spiro atoms. The third kappa shape index (κ3) is 55.7. The average Bonchev–Trinajstić information content (AvgIpc) is 3.36. The van der Waals surface area contributed by atoms with Gasteiger partial charge in [0.15, 0.2) is 0 Å². The van der Waals surface area contributed by atoms with Gasteiger partial charge in [-0.2, -0.15) is 0 Å². The first-order chi connectivity index (χ1) is 34.5. The van der Waals surface area contributed by atoms with Crippen molar-refractivity contribution < 1.29 is 24.5 Å². The summed E-state index contributed by atoms with van der Waals surface area (Å²) in [7, 11) is 0. The molecule has 2 atom stereocenters. The standard InChI is InChI=1S/C64H123NO5/c1-3-5-7-9-11-13-15-17-19-20-27-30-34-38-42-46-50-54-58-64(69)70-59-55-51-47-43-39-35-31-28-25-23-21-22-24-26-29-33-37-41-45-49-53-57-63(68)65-61(60-66)62(67)56-52-48-44-40-36-32-18-16-14-12-10-8-6-4-2/h19-20,52,56,61-62,66-67H,3-18,21-51,53-55,57-60H2,1-2H3,(H,65,68)/b20-19-,56-52+. The lowest BCUT2D eigenvalue weighted by molar-refractivity contribution is -0.143. The highest BCUT2D eigenvalue weighted by Crippen LogP contribution is 2.18. The molecule has 0 radical (unpaired) electrons. The fourth-order valence-electron chi connectivity index (χ4n) is 9.87. The lowest BCUT2D eigenvalue weighted by Crippen LogP contribution is -2.45. The molecule has 2 unspecified atom stereocenters. The van der Waals surface area contributed by atoms with Crippen LogP contribution in [-0.2, 0) is 14.3 Å². The van der Waals surface area contributed by atoms with Crippen LogP contribution in [0.5, 0.6) is 0 Å². The van der Waals surface area contributed by atoms with Crippen LogP contribution >= 0.6 is 0 Å². The summed E-state index contributed by atoms with van der Waals surface area (Å²) in [5.41, 5.74) is 0. The van der Waals surface area contributed by atoms with E-state index in [1.54, 1.807) is 6.08 Å². The Bertz CT molecular complexity index is 1090. The predicted octanol–water partition coefficient (Wildman–Crippen LogP) is 19.8. The number of amides is 1. The summed E-state index contributed by atoms with van der Waals surface area (Å²) < 4.78 is 5.50. The van der Waals surface area contributed by atoms with E-state index in [9.17, 15) is 19.8 Å². The number of hydrogen-bond acceptors (Lipinski definition) is 5. The molecule has 70 heavy (non-hydrogen) atoms. The Morgan fingerprint density at radius 3 is 1.01 bits per heavy atom. The molecule has 3 N–H and O–H groups in total. The number of rotatable bonds is 59. The minimum absolute atomic E-state index is 0.00888. The quantitative estimate of drug-likeness (QED) is 0.0321. The van der Waals surface area contributed by atoms with Gasteiger partial charge in [0, 0.05) is 12.8 Å².